The lowest BCUT2D eigenvalue weighted by Crippen LogP contribution is -2.48. The second-order valence-corrected chi connectivity index (χ2v) is 11.9. The summed E-state index contributed by atoms with van der Waals surface area (Å²) < 4.78 is 5.18. The number of amides is 2. The van der Waals surface area contributed by atoms with Gasteiger partial charge in [-0.3, -0.25) is 4.79 Å². The summed E-state index contributed by atoms with van der Waals surface area (Å²) in [5, 5.41) is 11.1. The lowest BCUT2D eigenvalue weighted by atomic mass is 9.88. The maximum Gasteiger partial charge on any atom is 0.405 e. The molecule has 0 radical (unpaired) electrons. The van der Waals surface area contributed by atoms with Crippen LogP contribution >= 0.6 is 22.7 Å². The fourth-order valence-corrected chi connectivity index (χ4v) is 6.16. The summed E-state index contributed by atoms with van der Waals surface area (Å²) in [5.41, 5.74) is 9.77. The molecule has 0 bridgehead atoms. The molecule has 3 heterocycles. The van der Waals surface area contributed by atoms with Gasteiger partial charge >= 0.3 is 6.09 Å². The molecule has 10 heteroatoms. The van der Waals surface area contributed by atoms with Crippen LogP contribution in [0.1, 0.15) is 54.4 Å². The smallest absolute Gasteiger partial charge is 0.405 e. The third-order valence-electron chi connectivity index (χ3n) is 6.00. The molecule has 2 amide bonds. The Morgan fingerprint density at radius 3 is 2.57 bits per heavy atom. The molecule has 1 aliphatic heterocycles. The van der Waals surface area contributed by atoms with Crippen LogP contribution in [-0.4, -0.2) is 50.7 Å². The molecule has 8 nitrogen and oxygen atoms in total. The molecule has 3 atom stereocenters. The van der Waals surface area contributed by atoms with Gasteiger partial charge in [0.1, 0.15) is 5.01 Å². The van der Waals surface area contributed by atoms with Gasteiger partial charge in [-0.1, -0.05) is 45.0 Å². The Labute approximate surface area is 212 Å². The number of ether oxygens (including phenoxy) is 1. The molecule has 0 saturated carbocycles. The molecular weight excluding hydrogens is 484 g/mol. The van der Waals surface area contributed by atoms with E-state index in [-0.39, 0.29) is 18.5 Å². The van der Waals surface area contributed by atoms with Gasteiger partial charge in [0, 0.05) is 35.9 Å². The summed E-state index contributed by atoms with van der Waals surface area (Å²) in [6, 6.07) is 8.05. The first-order valence-corrected chi connectivity index (χ1v) is 13.1. The van der Waals surface area contributed by atoms with E-state index < -0.39 is 23.7 Å². The van der Waals surface area contributed by atoms with Crippen molar-refractivity contribution in [1.82, 2.24) is 14.9 Å². The van der Waals surface area contributed by atoms with E-state index in [1.54, 1.807) is 16.2 Å². The first kappa shape index (κ1) is 25.3. The van der Waals surface area contributed by atoms with Crippen LogP contribution in [0.15, 0.2) is 36.0 Å². The molecular formula is C25H30N4O4S2. The Kier molecular flexibility index (Phi) is 7.25. The highest BCUT2D eigenvalue weighted by atomic mass is 32.1. The van der Waals surface area contributed by atoms with E-state index in [4.69, 9.17) is 10.5 Å². The Balaban J connectivity index is 1.50. The van der Waals surface area contributed by atoms with Gasteiger partial charge in [0.2, 0.25) is 0 Å². The number of aliphatic hydroxyl groups is 1. The van der Waals surface area contributed by atoms with Crippen LogP contribution in [0.4, 0.5) is 4.79 Å². The normalized spacial score (nSPS) is 19.1. The minimum atomic E-state index is -1.05. The minimum Gasteiger partial charge on any atom is -0.436 e. The summed E-state index contributed by atoms with van der Waals surface area (Å²) in [7, 11) is 0. The summed E-state index contributed by atoms with van der Waals surface area (Å²) in [6.45, 7) is 7.59. The van der Waals surface area contributed by atoms with Gasteiger partial charge in [0.25, 0.3) is 5.91 Å². The maximum atomic E-state index is 13.4. The van der Waals surface area contributed by atoms with Crippen molar-refractivity contribution in [1.29, 1.82) is 0 Å². The van der Waals surface area contributed by atoms with E-state index in [2.05, 4.69) is 34.2 Å². The van der Waals surface area contributed by atoms with Crippen LogP contribution < -0.4 is 5.73 Å². The van der Waals surface area contributed by atoms with Gasteiger partial charge in [0.05, 0.1) is 28.2 Å². The number of nitrogens with two attached hydrogens (primary N) is 1. The van der Waals surface area contributed by atoms with E-state index >= 15 is 0 Å². The minimum absolute atomic E-state index is 0.158. The highest BCUT2D eigenvalue weighted by Crippen LogP contribution is 2.37. The number of benzene rings is 1. The van der Waals surface area contributed by atoms with E-state index in [0.29, 0.717) is 6.42 Å². The molecule has 35 heavy (non-hydrogen) atoms. The molecule has 1 aliphatic rings. The Morgan fingerprint density at radius 1 is 1.26 bits per heavy atom. The Hall–Kier alpha value is -2.82. The van der Waals surface area contributed by atoms with Crippen LogP contribution in [-0.2, 0) is 16.0 Å². The van der Waals surface area contributed by atoms with Crippen molar-refractivity contribution in [3.05, 3.63) is 57.1 Å². The average molecular weight is 515 g/mol. The number of carbonyl (C=O) groups is 2. The van der Waals surface area contributed by atoms with E-state index in [1.165, 1.54) is 16.2 Å². The number of rotatable bonds is 6. The quantitative estimate of drug-likeness (QED) is 0.506. The van der Waals surface area contributed by atoms with Gasteiger partial charge in [-0.2, -0.15) is 0 Å². The number of aromatic nitrogens is 2. The lowest BCUT2D eigenvalue weighted by Gasteiger charge is -2.33. The zero-order valence-electron chi connectivity index (χ0n) is 20.2. The van der Waals surface area contributed by atoms with Gasteiger partial charge in [0.15, 0.2) is 6.10 Å². The molecule has 1 fully saturated rings. The number of nitrogens with zero attached hydrogens (tertiary/aromatic N) is 3. The molecule has 0 spiro atoms. The molecule has 3 aromatic rings. The number of β-amino-alcohol motifs (C(OH)–C–C–N with tert-alkyl or cyclic N) is 1. The number of aliphatic hydroxyl groups excluding tert-OH is 1. The third kappa shape index (κ3) is 5.71. The predicted octanol–water partition coefficient (Wildman–Crippen LogP) is 4.31. The van der Waals surface area contributed by atoms with Crippen LogP contribution in [0.25, 0.3) is 10.4 Å². The fraction of sp³-hybridized carbons (Fsp3) is 0.440. The van der Waals surface area contributed by atoms with Crippen molar-refractivity contribution < 1.29 is 19.4 Å². The van der Waals surface area contributed by atoms with Crippen molar-refractivity contribution in [2.24, 2.45) is 11.1 Å². The van der Waals surface area contributed by atoms with Crippen molar-refractivity contribution >= 4 is 34.7 Å². The van der Waals surface area contributed by atoms with Gasteiger partial charge in [-0.25, -0.2) is 14.8 Å². The monoisotopic (exact) mass is 514 g/mol. The van der Waals surface area contributed by atoms with E-state index in [0.717, 1.165) is 33.1 Å². The lowest BCUT2D eigenvalue weighted by molar-refractivity contribution is -0.147. The molecule has 0 aliphatic carbocycles. The molecule has 3 N–H and O–H groups in total. The first-order valence-electron chi connectivity index (χ1n) is 11.4. The summed E-state index contributed by atoms with van der Waals surface area (Å²) in [5.74, 6) is -0.372. The summed E-state index contributed by atoms with van der Waals surface area (Å²) in [4.78, 5) is 37.5. The van der Waals surface area contributed by atoms with E-state index in [9.17, 15) is 14.7 Å². The summed E-state index contributed by atoms with van der Waals surface area (Å²) in [6.07, 6.45) is 0.215. The first-order chi connectivity index (χ1) is 16.5. The van der Waals surface area contributed by atoms with Crippen LogP contribution in [0, 0.1) is 12.3 Å². The standard InChI is InChI=1S/C25H30N4O4S2/c1-14-20(34-13-28-14)16-7-5-15(6-8-16)9-18-11-27-22(35-18)19-10-17(30)12-29(19)23(31)21(25(2,3)4)33-24(26)32/h5-8,11,13,17,19,21,30H,9-10,12H2,1-4H3,(H2,26,32)/t17-,19+,21?/m1/s1. The molecule has 1 aromatic carbocycles. The van der Waals surface area contributed by atoms with Gasteiger partial charge in [-0.15, -0.1) is 22.7 Å². The van der Waals surface area contributed by atoms with Crippen LogP contribution in [0.5, 0.6) is 0 Å². The second-order valence-electron chi connectivity index (χ2n) is 9.88. The number of hydrogen-bond donors (Lipinski definition) is 2. The molecule has 1 unspecified atom stereocenters. The predicted molar refractivity (Wildman–Crippen MR) is 136 cm³/mol. The van der Waals surface area contributed by atoms with Gasteiger partial charge < -0.3 is 20.5 Å². The fourth-order valence-electron chi connectivity index (χ4n) is 4.27. The van der Waals surface area contributed by atoms with Crippen LogP contribution in [0.3, 0.4) is 0 Å². The number of hydrogen-bond acceptors (Lipinski definition) is 8. The molecule has 1 saturated heterocycles. The zero-order chi connectivity index (χ0) is 25.3. The molecule has 4 rings (SSSR count). The maximum absolute atomic E-state index is 13.4. The summed E-state index contributed by atoms with van der Waals surface area (Å²) >= 11 is 3.16. The van der Waals surface area contributed by atoms with Crippen molar-refractivity contribution in [3.8, 4) is 10.4 Å². The molecule has 186 valence electrons. The van der Waals surface area contributed by atoms with Crippen LogP contribution in [0.2, 0.25) is 0 Å². The SMILES string of the molecule is Cc1ncsc1-c1ccc(Cc2cnc([C@@H]3C[C@@H](O)CN3C(=O)C(OC(N)=O)C(C)(C)C)s2)cc1. The Bertz CT molecular complexity index is 1200. The third-order valence-corrected chi connectivity index (χ3v) is 8.08. The van der Waals surface area contributed by atoms with E-state index in [1.807, 2.05) is 39.4 Å². The topological polar surface area (TPSA) is 119 Å². The number of likely N-dealkylation sites (tertiary alicyclic amines) is 1. The largest absolute Gasteiger partial charge is 0.436 e. The average Bonchev–Trinajstić information content (AvgIpc) is 3.51. The molecule has 2 aromatic heterocycles. The highest BCUT2D eigenvalue weighted by Gasteiger charge is 2.44. The second kappa shape index (κ2) is 10.0. The van der Waals surface area contributed by atoms with Gasteiger partial charge in [-0.05, 0) is 18.1 Å². The Morgan fingerprint density at radius 2 is 1.97 bits per heavy atom. The van der Waals surface area contributed by atoms with Crippen molar-refractivity contribution in [3.63, 3.8) is 0 Å². The highest BCUT2D eigenvalue weighted by molar-refractivity contribution is 7.13. The number of thiazole rings is 2. The number of aryl methyl sites for hydroxylation is 1. The number of carbonyl (C=O) groups excluding carboxylic acids is 2. The van der Waals surface area contributed by atoms with Crippen molar-refractivity contribution in [2.45, 2.75) is 58.8 Å². The zero-order valence-corrected chi connectivity index (χ0v) is 21.9. The van der Waals surface area contributed by atoms with Crippen molar-refractivity contribution in [2.75, 3.05) is 6.54 Å². The number of primary amides is 1.